The van der Waals surface area contributed by atoms with Gasteiger partial charge in [0.1, 0.15) is 4.90 Å². The number of anilines is 2. The van der Waals surface area contributed by atoms with Crippen molar-refractivity contribution < 1.29 is 13.2 Å². The molecule has 9 heteroatoms. The topological polar surface area (TPSA) is 103 Å². The number of fused-ring (bicyclic) bond motifs is 1. The van der Waals surface area contributed by atoms with Gasteiger partial charge in [0.2, 0.25) is 11.9 Å². The molecule has 120 valence electrons. The van der Waals surface area contributed by atoms with E-state index in [1.54, 1.807) is 12.1 Å². The molecule has 0 atom stereocenters. The lowest BCUT2D eigenvalue weighted by Gasteiger charge is -2.23. The van der Waals surface area contributed by atoms with Gasteiger partial charge in [-0.1, -0.05) is 0 Å². The minimum atomic E-state index is -3.66. The molecule has 0 aliphatic carbocycles. The maximum Gasteiger partial charge on any atom is 0.266 e. The van der Waals surface area contributed by atoms with E-state index in [-0.39, 0.29) is 23.3 Å². The van der Waals surface area contributed by atoms with Crippen LogP contribution in [0.4, 0.5) is 11.4 Å². The van der Waals surface area contributed by atoms with Gasteiger partial charge in [-0.15, -0.1) is 0 Å². The smallest absolute Gasteiger partial charge is 0.266 e. The van der Waals surface area contributed by atoms with E-state index in [1.165, 1.54) is 6.92 Å². The third-order valence-electron chi connectivity index (χ3n) is 3.01. The van der Waals surface area contributed by atoms with Crippen LogP contribution < -0.4 is 20.3 Å². The van der Waals surface area contributed by atoms with Crippen LogP contribution in [-0.2, 0) is 14.8 Å². The van der Waals surface area contributed by atoms with Crippen molar-refractivity contribution in [3.63, 3.8) is 0 Å². The highest BCUT2D eigenvalue weighted by atomic mass is 32.2. The monoisotopic (exact) mass is 325 g/mol. The second kappa shape index (κ2) is 6.22. The molecule has 1 aromatic rings. The number of nitrogens with zero attached hydrogens (tertiary/aromatic N) is 2. The molecule has 0 radical (unpaired) electrons. The van der Waals surface area contributed by atoms with Crippen molar-refractivity contribution in [1.82, 2.24) is 10.0 Å². The van der Waals surface area contributed by atoms with Gasteiger partial charge in [0.05, 0.1) is 12.2 Å². The summed E-state index contributed by atoms with van der Waals surface area (Å²) in [7, 11) is 0.0224. The van der Waals surface area contributed by atoms with Crippen LogP contribution in [0.5, 0.6) is 0 Å². The predicted molar refractivity (Wildman–Crippen MR) is 85.7 cm³/mol. The highest BCUT2D eigenvalue weighted by molar-refractivity contribution is 7.90. The zero-order valence-electron chi connectivity index (χ0n) is 12.7. The van der Waals surface area contributed by atoms with Gasteiger partial charge >= 0.3 is 0 Å². The molecule has 0 fully saturated rings. The largest absolute Gasteiger partial charge is 0.378 e. The van der Waals surface area contributed by atoms with E-state index in [2.05, 4.69) is 20.3 Å². The molecule has 8 nitrogen and oxygen atoms in total. The van der Waals surface area contributed by atoms with E-state index in [9.17, 15) is 13.2 Å². The van der Waals surface area contributed by atoms with Gasteiger partial charge in [-0.2, -0.15) is 0 Å². The molecule has 1 aliphatic rings. The molecule has 0 bridgehead atoms. The lowest BCUT2D eigenvalue weighted by atomic mass is 10.2. The second-order valence-electron chi connectivity index (χ2n) is 5.02. The number of hydrogen-bond acceptors (Lipinski definition) is 5. The average molecular weight is 325 g/mol. The Labute approximate surface area is 129 Å². The average Bonchev–Trinajstić information content (AvgIpc) is 2.42. The quantitative estimate of drug-likeness (QED) is 0.674. The SMILES string of the molecule is CC(=O)NCCN=C1Nc2ccc(N(C)C)cc2S(=O)(=O)N1. The molecule has 0 saturated heterocycles. The van der Waals surface area contributed by atoms with E-state index in [0.717, 1.165) is 5.69 Å². The first-order valence-electron chi connectivity index (χ1n) is 6.70. The first-order valence-corrected chi connectivity index (χ1v) is 8.18. The summed E-state index contributed by atoms with van der Waals surface area (Å²) in [6, 6.07) is 5.12. The van der Waals surface area contributed by atoms with Crippen molar-refractivity contribution in [3.8, 4) is 0 Å². The first kappa shape index (κ1) is 16.1. The number of guanidine groups is 1. The Kier molecular flexibility index (Phi) is 4.55. The van der Waals surface area contributed by atoms with Crippen LogP contribution in [0.3, 0.4) is 0 Å². The van der Waals surface area contributed by atoms with Crippen LogP contribution in [0.15, 0.2) is 28.1 Å². The molecule has 0 saturated carbocycles. The molecule has 0 spiro atoms. The van der Waals surface area contributed by atoms with Crippen LogP contribution in [-0.4, -0.2) is 47.5 Å². The fourth-order valence-corrected chi connectivity index (χ4v) is 3.09. The highest BCUT2D eigenvalue weighted by Crippen LogP contribution is 2.28. The van der Waals surface area contributed by atoms with Gasteiger partial charge < -0.3 is 15.5 Å². The van der Waals surface area contributed by atoms with E-state index >= 15 is 0 Å². The normalized spacial score (nSPS) is 17.1. The second-order valence-corrected chi connectivity index (χ2v) is 6.67. The Bertz CT molecular complexity index is 712. The predicted octanol–water partition coefficient (Wildman–Crippen LogP) is -0.0515. The third-order valence-corrected chi connectivity index (χ3v) is 4.39. The van der Waals surface area contributed by atoms with Crippen molar-refractivity contribution in [3.05, 3.63) is 18.2 Å². The Balaban J connectivity index is 2.20. The molecule has 0 aromatic heterocycles. The van der Waals surface area contributed by atoms with E-state index < -0.39 is 10.0 Å². The minimum Gasteiger partial charge on any atom is -0.378 e. The number of nitrogens with one attached hydrogen (secondary N) is 3. The fourth-order valence-electron chi connectivity index (χ4n) is 1.92. The van der Waals surface area contributed by atoms with Crippen LogP contribution in [0.1, 0.15) is 6.92 Å². The number of benzene rings is 1. The van der Waals surface area contributed by atoms with Crippen molar-refractivity contribution in [1.29, 1.82) is 0 Å². The van der Waals surface area contributed by atoms with Gasteiger partial charge in [-0.25, -0.2) is 13.1 Å². The van der Waals surface area contributed by atoms with E-state index in [4.69, 9.17) is 0 Å². The molecule has 3 N–H and O–H groups in total. The fraction of sp³-hybridized carbons (Fsp3) is 0.385. The van der Waals surface area contributed by atoms with Crippen molar-refractivity contribution in [2.45, 2.75) is 11.8 Å². The van der Waals surface area contributed by atoms with Crippen LogP contribution in [0.2, 0.25) is 0 Å². The van der Waals surface area contributed by atoms with Gasteiger partial charge in [0, 0.05) is 33.3 Å². The van der Waals surface area contributed by atoms with Gasteiger partial charge in [-0.3, -0.25) is 9.79 Å². The number of hydrogen-bond donors (Lipinski definition) is 3. The number of aliphatic imine (C=N–C) groups is 1. The molecule has 1 amide bonds. The molecular formula is C13H19N5O3S. The Morgan fingerprint density at radius 3 is 2.73 bits per heavy atom. The molecule has 1 aliphatic heterocycles. The summed E-state index contributed by atoms with van der Waals surface area (Å²) < 4.78 is 26.9. The van der Waals surface area contributed by atoms with Crippen molar-refractivity contribution in [2.75, 3.05) is 37.4 Å². The maximum atomic E-state index is 12.3. The third kappa shape index (κ3) is 3.67. The maximum absolute atomic E-state index is 12.3. The Hall–Kier alpha value is -2.29. The van der Waals surface area contributed by atoms with Crippen molar-refractivity contribution in [2.24, 2.45) is 4.99 Å². The highest BCUT2D eigenvalue weighted by Gasteiger charge is 2.26. The summed E-state index contributed by atoms with van der Waals surface area (Å²) in [5.41, 5.74) is 1.26. The number of sulfonamides is 1. The zero-order chi connectivity index (χ0) is 16.3. The van der Waals surface area contributed by atoms with Crippen molar-refractivity contribution >= 4 is 33.3 Å². The summed E-state index contributed by atoms with van der Waals surface area (Å²) in [6.07, 6.45) is 0. The summed E-state index contributed by atoms with van der Waals surface area (Å²) in [4.78, 5) is 16.9. The summed E-state index contributed by atoms with van der Waals surface area (Å²) in [6.45, 7) is 2.03. The Morgan fingerprint density at radius 1 is 1.36 bits per heavy atom. The number of carbonyl (C=O) groups excluding carboxylic acids is 1. The Morgan fingerprint density at radius 2 is 2.09 bits per heavy atom. The molecule has 2 rings (SSSR count). The molecular weight excluding hydrogens is 306 g/mol. The van der Waals surface area contributed by atoms with Crippen LogP contribution in [0, 0.1) is 0 Å². The molecule has 0 unspecified atom stereocenters. The van der Waals surface area contributed by atoms with Crippen LogP contribution in [0.25, 0.3) is 0 Å². The van der Waals surface area contributed by atoms with Gasteiger partial charge in [0.15, 0.2) is 0 Å². The zero-order valence-corrected chi connectivity index (χ0v) is 13.5. The van der Waals surface area contributed by atoms with E-state index in [1.807, 2.05) is 25.1 Å². The van der Waals surface area contributed by atoms with Crippen LogP contribution >= 0.6 is 0 Å². The first-order chi connectivity index (χ1) is 10.3. The number of amides is 1. The van der Waals surface area contributed by atoms with E-state index in [0.29, 0.717) is 12.2 Å². The lowest BCUT2D eigenvalue weighted by Crippen LogP contribution is -2.41. The molecule has 1 heterocycles. The molecule has 22 heavy (non-hydrogen) atoms. The number of carbonyl (C=O) groups is 1. The summed E-state index contributed by atoms with van der Waals surface area (Å²) >= 11 is 0. The number of rotatable bonds is 4. The summed E-state index contributed by atoms with van der Waals surface area (Å²) in [5, 5.41) is 5.52. The minimum absolute atomic E-state index is 0.149. The summed E-state index contributed by atoms with van der Waals surface area (Å²) in [5.74, 6) is -0.00519. The van der Waals surface area contributed by atoms with Gasteiger partial charge in [-0.05, 0) is 18.2 Å². The standard InChI is InChI=1S/C13H19N5O3S/c1-9(19)14-6-7-15-13-16-11-5-4-10(18(2)3)8-12(11)22(20,21)17-13/h4-5,8H,6-7H2,1-3H3,(H,14,19)(H2,15,16,17). The lowest BCUT2D eigenvalue weighted by molar-refractivity contribution is -0.118. The van der Waals surface area contributed by atoms with Gasteiger partial charge in [0.25, 0.3) is 10.0 Å². The molecule has 1 aromatic carbocycles.